The maximum absolute atomic E-state index is 13.6. The number of phenolic OH excluding ortho intramolecular Hbond substituents is 1. The van der Waals surface area contributed by atoms with Crippen molar-refractivity contribution in [2.75, 3.05) is 19.4 Å². The number of ketones is 2. The third-order valence-electron chi connectivity index (χ3n) is 6.98. The van der Waals surface area contributed by atoms with Crippen LogP contribution < -0.4 is 11.1 Å². The average molecular weight is 597 g/mol. The smallest absolute Gasteiger partial charge is 0.255 e. The van der Waals surface area contributed by atoms with Gasteiger partial charge in [0.25, 0.3) is 5.91 Å². The van der Waals surface area contributed by atoms with Gasteiger partial charge in [0.15, 0.2) is 17.1 Å². The number of primary amides is 1. The number of nitrogens with two attached hydrogens (primary N) is 1. The predicted octanol–water partition coefficient (Wildman–Crippen LogP) is 0.684. The molecule has 0 radical (unpaired) electrons. The van der Waals surface area contributed by atoms with E-state index < -0.39 is 69.7 Å². The van der Waals surface area contributed by atoms with E-state index in [9.17, 15) is 39.6 Å². The number of carbonyl (C=O) groups excluding carboxylic acids is 4. The molecular formula is C23H24IN3O8. The summed E-state index contributed by atoms with van der Waals surface area (Å²) in [5.74, 6) is -7.63. The molecule has 1 aromatic carbocycles. The van der Waals surface area contributed by atoms with Gasteiger partial charge in [-0.2, -0.15) is 0 Å². The van der Waals surface area contributed by atoms with Gasteiger partial charge in [0.1, 0.15) is 17.1 Å². The number of hydrogen-bond donors (Lipinski definition) is 6. The van der Waals surface area contributed by atoms with Gasteiger partial charge in [-0.1, -0.05) is 0 Å². The number of phenols is 1. The van der Waals surface area contributed by atoms with Crippen LogP contribution in [0.4, 0.5) is 5.69 Å². The van der Waals surface area contributed by atoms with E-state index in [1.165, 1.54) is 17.9 Å². The number of amides is 2. The molecule has 3 aliphatic rings. The maximum atomic E-state index is 13.6. The van der Waals surface area contributed by atoms with E-state index in [0.717, 1.165) is 0 Å². The second kappa shape index (κ2) is 8.31. The highest BCUT2D eigenvalue weighted by Crippen LogP contribution is 2.53. The average Bonchev–Trinajstić information content (AvgIpc) is 2.73. The normalized spacial score (nSPS) is 28.0. The lowest BCUT2D eigenvalue weighted by Gasteiger charge is -2.50. The summed E-state index contributed by atoms with van der Waals surface area (Å²) >= 11 is 1.98. The number of nitrogens with zero attached hydrogens (tertiary/aromatic N) is 1. The zero-order chi connectivity index (χ0) is 26.1. The molecule has 4 atom stereocenters. The molecule has 12 heteroatoms. The van der Waals surface area contributed by atoms with E-state index in [1.54, 1.807) is 14.1 Å². The van der Waals surface area contributed by atoms with Crippen LogP contribution in [-0.4, -0.2) is 74.4 Å². The largest absolute Gasteiger partial charge is 0.510 e. The molecule has 4 rings (SSSR count). The van der Waals surface area contributed by atoms with Gasteiger partial charge in [0.2, 0.25) is 11.7 Å². The molecule has 0 heterocycles. The van der Waals surface area contributed by atoms with Gasteiger partial charge in [-0.05, 0) is 67.1 Å². The van der Waals surface area contributed by atoms with Gasteiger partial charge in [0.05, 0.1) is 17.3 Å². The van der Waals surface area contributed by atoms with Crippen LogP contribution in [0.5, 0.6) is 5.75 Å². The summed E-state index contributed by atoms with van der Waals surface area (Å²) in [6, 6.07) is 0.479. The lowest BCUT2D eigenvalue weighted by molar-refractivity contribution is -0.148. The number of fused-ring (bicyclic) bond motifs is 3. The SMILES string of the molecule is CC(=O)Nc1cc(I)c2c(c1O)C(=O)C1=C(O)C3(O)C(=O)C(C(N)=O)=C(O)[C@@H](N(C)C)C3CC1C2. The highest BCUT2D eigenvalue weighted by molar-refractivity contribution is 14.1. The minimum Gasteiger partial charge on any atom is -0.510 e. The van der Waals surface area contributed by atoms with Crippen LogP contribution in [0.1, 0.15) is 29.3 Å². The minimum absolute atomic E-state index is 0.00484. The van der Waals surface area contributed by atoms with Crippen molar-refractivity contribution in [3.8, 4) is 5.75 Å². The summed E-state index contributed by atoms with van der Waals surface area (Å²) in [6.45, 7) is 1.24. The van der Waals surface area contributed by atoms with Crippen LogP contribution in [0.25, 0.3) is 0 Å². The topological polar surface area (TPSA) is 190 Å². The van der Waals surface area contributed by atoms with Crippen molar-refractivity contribution in [2.45, 2.75) is 31.4 Å². The fraction of sp³-hybridized carbons (Fsp3) is 0.391. The zero-order valence-corrected chi connectivity index (χ0v) is 21.2. The Hall–Kier alpha value is -2.97. The summed E-state index contributed by atoms with van der Waals surface area (Å²) < 4.78 is 0.592. The molecular weight excluding hydrogens is 573 g/mol. The van der Waals surface area contributed by atoms with Gasteiger partial charge in [0, 0.05) is 22.0 Å². The summed E-state index contributed by atoms with van der Waals surface area (Å²) in [5, 5.41) is 46.8. The summed E-state index contributed by atoms with van der Waals surface area (Å²) in [7, 11) is 3.13. The Bertz CT molecular complexity index is 1280. The van der Waals surface area contributed by atoms with E-state index >= 15 is 0 Å². The van der Waals surface area contributed by atoms with Crippen LogP contribution >= 0.6 is 22.6 Å². The van der Waals surface area contributed by atoms with E-state index in [1.807, 2.05) is 22.6 Å². The highest BCUT2D eigenvalue weighted by Gasteiger charge is 2.63. The number of aliphatic hydroxyl groups is 3. The van der Waals surface area contributed by atoms with Crippen LogP contribution in [0.15, 0.2) is 28.7 Å². The molecule has 0 saturated carbocycles. The molecule has 3 unspecified atom stereocenters. The van der Waals surface area contributed by atoms with Crippen molar-refractivity contribution in [2.24, 2.45) is 17.6 Å². The number of Topliss-reactive ketones (excluding diaryl/α,β-unsaturated/α-hetero) is 2. The summed E-state index contributed by atoms with van der Waals surface area (Å²) in [4.78, 5) is 51.9. The molecule has 186 valence electrons. The Morgan fingerprint density at radius 1 is 1.23 bits per heavy atom. The number of aliphatic hydroxyl groups excluding tert-OH is 2. The molecule has 1 aromatic rings. The number of likely N-dealkylation sites (N-methyl/N-ethyl adjacent to an activating group) is 1. The highest BCUT2D eigenvalue weighted by atomic mass is 127. The second-order valence-electron chi connectivity index (χ2n) is 9.25. The van der Waals surface area contributed by atoms with Gasteiger partial charge in [-0.15, -0.1) is 0 Å². The molecule has 11 nitrogen and oxygen atoms in total. The summed E-state index contributed by atoms with van der Waals surface area (Å²) in [5.41, 5.74) is 1.86. The molecule has 0 bridgehead atoms. The van der Waals surface area contributed by atoms with Crippen molar-refractivity contribution in [1.29, 1.82) is 0 Å². The Morgan fingerprint density at radius 2 is 1.86 bits per heavy atom. The second-order valence-corrected chi connectivity index (χ2v) is 10.4. The van der Waals surface area contributed by atoms with Crippen molar-refractivity contribution >= 4 is 51.7 Å². The molecule has 0 saturated heterocycles. The number of aromatic hydroxyl groups is 1. The first kappa shape index (κ1) is 25.1. The third kappa shape index (κ3) is 3.45. The number of anilines is 1. The zero-order valence-electron chi connectivity index (χ0n) is 19.0. The van der Waals surface area contributed by atoms with Crippen LogP contribution in [0.3, 0.4) is 0 Å². The van der Waals surface area contributed by atoms with E-state index in [0.29, 0.717) is 9.13 Å². The number of allylic oxidation sites excluding steroid dienone is 1. The summed E-state index contributed by atoms with van der Waals surface area (Å²) in [6.07, 6.45) is 0.191. The number of hydrogen-bond acceptors (Lipinski definition) is 9. The Labute approximate surface area is 213 Å². The first-order chi connectivity index (χ1) is 16.2. The van der Waals surface area contributed by atoms with Crippen LogP contribution in [0.2, 0.25) is 0 Å². The molecule has 0 aliphatic heterocycles. The van der Waals surface area contributed by atoms with Crippen LogP contribution in [-0.2, 0) is 20.8 Å². The van der Waals surface area contributed by atoms with E-state index in [-0.39, 0.29) is 29.7 Å². The third-order valence-corrected chi connectivity index (χ3v) is 7.94. The Kier molecular flexibility index (Phi) is 5.97. The molecule has 0 aromatic heterocycles. The van der Waals surface area contributed by atoms with Gasteiger partial charge in [-0.25, -0.2) is 0 Å². The molecule has 7 N–H and O–H groups in total. The Morgan fingerprint density at radius 3 is 2.40 bits per heavy atom. The maximum Gasteiger partial charge on any atom is 0.255 e. The Balaban J connectivity index is 1.96. The minimum atomic E-state index is -2.69. The fourth-order valence-corrected chi connectivity index (χ4v) is 6.36. The van der Waals surface area contributed by atoms with Gasteiger partial charge in [-0.3, -0.25) is 24.1 Å². The van der Waals surface area contributed by atoms with Crippen molar-refractivity contribution in [3.63, 3.8) is 0 Å². The van der Waals surface area contributed by atoms with Crippen LogP contribution in [0, 0.1) is 15.4 Å². The standard InChI is InChI=1S/C23H24IN3O8/c1-7(28)26-12-6-11(24)9-4-8-5-10-16(27(2)3)19(31)15(22(25)34)21(33)23(10,35)20(32)13(8)18(30)14(9)17(12)29/h6,8,10,16,29,31-32,35H,4-5H2,1-3H3,(H2,25,34)(H,26,28)/t8?,10?,16-,23?/m0/s1. The van der Waals surface area contributed by atoms with Gasteiger partial charge < -0.3 is 31.5 Å². The number of halogens is 1. The monoisotopic (exact) mass is 597 g/mol. The van der Waals surface area contributed by atoms with Crippen molar-refractivity contribution < 1.29 is 39.6 Å². The molecule has 0 spiro atoms. The van der Waals surface area contributed by atoms with E-state index in [4.69, 9.17) is 5.73 Å². The molecule has 3 aliphatic carbocycles. The van der Waals surface area contributed by atoms with Gasteiger partial charge >= 0.3 is 0 Å². The fourth-order valence-electron chi connectivity index (χ4n) is 5.56. The first-order valence-electron chi connectivity index (χ1n) is 10.7. The van der Waals surface area contributed by atoms with Crippen molar-refractivity contribution in [3.05, 3.63) is 43.4 Å². The lowest BCUT2D eigenvalue weighted by Crippen LogP contribution is -2.63. The lowest BCUT2D eigenvalue weighted by atomic mass is 9.58. The predicted molar refractivity (Wildman–Crippen MR) is 131 cm³/mol. The number of benzene rings is 1. The van der Waals surface area contributed by atoms with E-state index in [2.05, 4.69) is 5.32 Å². The number of carbonyl (C=O) groups is 4. The quantitative estimate of drug-likeness (QED) is 0.165. The van der Waals surface area contributed by atoms with Crippen molar-refractivity contribution in [1.82, 2.24) is 4.90 Å². The number of rotatable bonds is 3. The number of nitrogens with one attached hydrogen (secondary N) is 1. The molecule has 0 fully saturated rings. The molecule has 2 amide bonds. The molecule has 35 heavy (non-hydrogen) atoms. The first-order valence-corrected chi connectivity index (χ1v) is 11.8.